The van der Waals surface area contributed by atoms with Gasteiger partial charge >= 0.3 is 12.3 Å². The number of alkyl carbamates (subject to hydrolysis) is 1. The Balaban J connectivity index is 1.31. The lowest BCUT2D eigenvalue weighted by atomic mass is 10.1. The van der Waals surface area contributed by atoms with Crippen molar-refractivity contribution in [3.05, 3.63) is 70.8 Å². The van der Waals surface area contributed by atoms with E-state index in [2.05, 4.69) is 15.4 Å². The zero-order chi connectivity index (χ0) is 27.9. The van der Waals surface area contributed by atoms with E-state index in [0.29, 0.717) is 45.1 Å². The second-order valence-corrected chi connectivity index (χ2v) is 11.3. The first-order chi connectivity index (χ1) is 18.4. The van der Waals surface area contributed by atoms with Crippen molar-refractivity contribution in [3.8, 4) is 16.1 Å². The number of thiophene rings is 1. The standard InChI is InChI=1S/C27H26F3N5O3S/c1-26(2,3)38-25(37)33-19-10-11-34(15-19)22-9-8-20(14-31-22)35-24(36)23-17(13-32-35)12-21(39-23)16-4-6-18(7-5-16)27(28,29)30/h4-9,12-14,19H,10-11,15H2,1-3H3,(H,33,37)/t19-/m1/s1. The molecule has 1 aliphatic heterocycles. The van der Waals surface area contributed by atoms with Crippen LogP contribution in [0, 0.1) is 0 Å². The van der Waals surface area contributed by atoms with Gasteiger partial charge in [0, 0.05) is 23.4 Å². The zero-order valence-electron chi connectivity index (χ0n) is 21.5. The van der Waals surface area contributed by atoms with E-state index in [1.54, 1.807) is 30.6 Å². The third-order valence-electron chi connectivity index (χ3n) is 6.17. The lowest BCUT2D eigenvalue weighted by molar-refractivity contribution is -0.137. The van der Waals surface area contributed by atoms with E-state index in [1.807, 2.05) is 25.7 Å². The summed E-state index contributed by atoms with van der Waals surface area (Å²) in [5.74, 6) is 0.710. The SMILES string of the molecule is CC(C)(C)OC(=O)N[C@@H]1CCN(c2ccc(-n3ncc4cc(-c5ccc(C(F)(F)F)cc5)sc4c3=O)cn2)C1. The number of hydrogen-bond acceptors (Lipinski definition) is 7. The molecule has 0 radical (unpaired) electrons. The summed E-state index contributed by atoms with van der Waals surface area (Å²) in [7, 11) is 0. The number of benzene rings is 1. The number of carbonyl (C=O) groups is 1. The highest BCUT2D eigenvalue weighted by molar-refractivity contribution is 7.22. The van der Waals surface area contributed by atoms with Crippen LogP contribution in [0.15, 0.2) is 59.7 Å². The van der Waals surface area contributed by atoms with Crippen molar-refractivity contribution >= 4 is 33.3 Å². The Bertz CT molecular complexity index is 1560. The maximum Gasteiger partial charge on any atom is 0.416 e. The van der Waals surface area contributed by atoms with E-state index in [-0.39, 0.29) is 11.6 Å². The number of pyridine rings is 1. The number of fused-ring (bicyclic) bond motifs is 1. The van der Waals surface area contributed by atoms with Gasteiger partial charge in [-0.1, -0.05) is 12.1 Å². The van der Waals surface area contributed by atoms with E-state index in [0.717, 1.165) is 18.6 Å². The van der Waals surface area contributed by atoms with Crippen molar-refractivity contribution in [1.82, 2.24) is 20.1 Å². The summed E-state index contributed by atoms with van der Waals surface area (Å²) in [6, 6.07) is 10.1. The van der Waals surface area contributed by atoms with Gasteiger partial charge in [0.2, 0.25) is 0 Å². The van der Waals surface area contributed by atoms with Gasteiger partial charge in [-0.3, -0.25) is 4.79 Å². The summed E-state index contributed by atoms with van der Waals surface area (Å²) in [6.45, 7) is 6.73. The topological polar surface area (TPSA) is 89.4 Å². The fourth-order valence-corrected chi connectivity index (χ4v) is 5.40. The van der Waals surface area contributed by atoms with Crippen LogP contribution < -0.4 is 15.8 Å². The van der Waals surface area contributed by atoms with Crippen LogP contribution in [0.4, 0.5) is 23.8 Å². The second-order valence-electron chi connectivity index (χ2n) is 10.3. The molecule has 0 spiro atoms. The smallest absolute Gasteiger partial charge is 0.416 e. The van der Waals surface area contributed by atoms with E-state index >= 15 is 0 Å². The van der Waals surface area contributed by atoms with Crippen LogP contribution in [-0.2, 0) is 10.9 Å². The summed E-state index contributed by atoms with van der Waals surface area (Å²) in [6.07, 6.45) is -0.988. The Hall–Kier alpha value is -3.93. The Morgan fingerprint density at radius 3 is 2.49 bits per heavy atom. The lowest BCUT2D eigenvalue weighted by Gasteiger charge is -2.22. The molecule has 39 heavy (non-hydrogen) atoms. The molecule has 4 aromatic rings. The Labute approximate surface area is 226 Å². The fraction of sp³-hybridized carbons (Fsp3) is 0.333. The number of anilines is 1. The van der Waals surface area contributed by atoms with Crippen molar-refractivity contribution in [2.24, 2.45) is 0 Å². The van der Waals surface area contributed by atoms with Crippen molar-refractivity contribution in [1.29, 1.82) is 0 Å². The largest absolute Gasteiger partial charge is 0.444 e. The number of nitrogens with zero attached hydrogens (tertiary/aromatic N) is 4. The van der Waals surface area contributed by atoms with Crippen LogP contribution in [0.1, 0.15) is 32.8 Å². The van der Waals surface area contributed by atoms with E-state index < -0.39 is 23.4 Å². The maximum atomic E-state index is 13.2. The Morgan fingerprint density at radius 1 is 1.10 bits per heavy atom. The first-order valence-corrected chi connectivity index (χ1v) is 13.1. The average molecular weight is 558 g/mol. The molecule has 0 unspecified atom stereocenters. The summed E-state index contributed by atoms with van der Waals surface area (Å²) >= 11 is 1.20. The molecule has 8 nitrogen and oxygen atoms in total. The molecule has 12 heteroatoms. The normalized spacial score (nSPS) is 16.1. The van der Waals surface area contributed by atoms with E-state index in [4.69, 9.17) is 4.74 Å². The number of ether oxygens (including phenoxy) is 1. The van der Waals surface area contributed by atoms with E-state index in [9.17, 15) is 22.8 Å². The second kappa shape index (κ2) is 9.99. The molecule has 1 atom stereocenters. The highest BCUT2D eigenvalue weighted by Gasteiger charge is 2.30. The molecule has 0 saturated carbocycles. The number of rotatable bonds is 4. The van der Waals surface area contributed by atoms with Gasteiger partial charge in [-0.15, -0.1) is 11.3 Å². The first-order valence-electron chi connectivity index (χ1n) is 12.3. The molecule has 4 heterocycles. The van der Waals surface area contributed by atoms with Crippen molar-refractivity contribution in [3.63, 3.8) is 0 Å². The molecule has 204 valence electrons. The highest BCUT2D eigenvalue weighted by atomic mass is 32.1. The number of aromatic nitrogens is 3. The van der Waals surface area contributed by atoms with Gasteiger partial charge in [0.1, 0.15) is 16.1 Å². The van der Waals surface area contributed by atoms with Gasteiger partial charge in [0.05, 0.1) is 29.7 Å². The molecule has 0 aliphatic carbocycles. The van der Waals surface area contributed by atoms with Crippen LogP contribution in [0.3, 0.4) is 0 Å². The number of carbonyl (C=O) groups excluding carboxylic acids is 1. The maximum absolute atomic E-state index is 13.2. The van der Waals surface area contributed by atoms with Crippen LogP contribution in [0.5, 0.6) is 0 Å². The van der Waals surface area contributed by atoms with Crippen LogP contribution in [0.25, 0.3) is 26.2 Å². The molecule has 1 N–H and O–H groups in total. The van der Waals surface area contributed by atoms with Gasteiger partial charge in [0.15, 0.2) is 0 Å². The number of nitrogens with one attached hydrogen (secondary N) is 1. The lowest BCUT2D eigenvalue weighted by Crippen LogP contribution is -2.40. The average Bonchev–Trinajstić information content (AvgIpc) is 3.51. The molecule has 1 saturated heterocycles. The minimum Gasteiger partial charge on any atom is -0.444 e. The first kappa shape index (κ1) is 26.7. The highest BCUT2D eigenvalue weighted by Crippen LogP contribution is 2.35. The number of hydrogen-bond donors (Lipinski definition) is 1. The van der Waals surface area contributed by atoms with Crippen molar-refractivity contribution in [2.75, 3.05) is 18.0 Å². The number of alkyl halides is 3. The van der Waals surface area contributed by atoms with Gasteiger partial charge in [0.25, 0.3) is 5.56 Å². The van der Waals surface area contributed by atoms with Gasteiger partial charge in [-0.2, -0.15) is 23.0 Å². The fourth-order valence-electron chi connectivity index (χ4n) is 4.34. The van der Waals surface area contributed by atoms with Crippen molar-refractivity contribution in [2.45, 2.75) is 45.0 Å². The zero-order valence-corrected chi connectivity index (χ0v) is 22.3. The molecule has 3 aromatic heterocycles. The molecular formula is C27H26F3N5O3S. The summed E-state index contributed by atoms with van der Waals surface area (Å²) < 4.78 is 45.7. The van der Waals surface area contributed by atoms with Crippen molar-refractivity contribution < 1.29 is 22.7 Å². The molecule has 1 aromatic carbocycles. The molecule has 1 aliphatic rings. The predicted molar refractivity (Wildman–Crippen MR) is 143 cm³/mol. The van der Waals surface area contributed by atoms with Gasteiger partial charge in [-0.05, 0) is 63.1 Å². The minimum absolute atomic E-state index is 0.0642. The monoisotopic (exact) mass is 557 g/mol. The van der Waals surface area contributed by atoms with Gasteiger partial charge in [-0.25, -0.2) is 9.78 Å². The third-order valence-corrected chi connectivity index (χ3v) is 7.35. The predicted octanol–water partition coefficient (Wildman–Crippen LogP) is 5.63. The van der Waals surface area contributed by atoms with Crippen LogP contribution >= 0.6 is 11.3 Å². The molecule has 1 amide bonds. The third kappa shape index (κ3) is 5.90. The number of amides is 1. The quantitative estimate of drug-likeness (QED) is 0.350. The van der Waals surface area contributed by atoms with Crippen LogP contribution in [-0.4, -0.2) is 45.6 Å². The molecular weight excluding hydrogens is 531 g/mol. The minimum atomic E-state index is -4.41. The molecule has 0 bridgehead atoms. The van der Waals surface area contributed by atoms with E-state index in [1.165, 1.54) is 28.2 Å². The summed E-state index contributed by atoms with van der Waals surface area (Å²) in [4.78, 5) is 32.5. The number of halogens is 3. The molecule has 1 fully saturated rings. The Morgan fingerprint density at radius 2 is 1.85 bits per heavy atom. The van der Waals surface area contributed by atoms with Crippen LogP contribution in [0.2, 0.25) is 0 Å². The summed E-state index contributed by atoms with van der Waals surface area (Å²) in [5, 5.41) is 7.78. The van der Waals surface area contributed by atoms with Gasteiger partial charge < -0.3 is 15.0 Å². The summed E-state index contributed by atoms with van der Waals surface area (Å²) in [5.41, 5.74) is -0.560. The molecule has 5 rings (SSSR count). The Kier molecular flexibility index (Phi) is 6.83.